The summed E-state index contributed by atoms with van der Waals surface area (Å²) in [5.41, 5.74) is 0.773. The Labute approximate surface area is 128 Å². The number of aromatic nitrogens is 2. The second kappa shape index (κ2) is 5.46. The molecule has 0 spiro atoms. The minimum absolute atomic E-state index is 0.584. The van der Waals surface area contributed by atoms with Crippen molar-refractivity contribution >= 4 is 15.9 Å². The van der Waals surface area contributed by atoms with Crippen LogP contribution in [-0.2, 0) is 12.7 Å². The molecule has 0 unspecified atom stereocenters. The number of hydrogen-bond acceptors (Lipinski definition) is 2. The molecule has 3 rings (SSSR count). The third-order valence-corrected chi connectivity index (χ3v) is 3.95. The van der Waals surface area contributed by atoms with Gasteiger partial charge in [-0.1, -0.05) is 6.07 Å². The molecule has 1 saturated carbocycles. The molecule has 112 valence electrons. The Hall–Kier alpha value is -1.34. The highest BCUT2D eigenvalue weighted by Crippen LogP contribution is 2.29. The maximum absolute atomic E-state index is 12.6. The number of nitrogens with one attached hydrogen (secondary N) is 1. The molecule has 0 amide bonds. The van der Waals surface area contributed by atoms with Crippen molar-refractivity contribution in [3.8, 4) is 5.69 Å². The molecule has 1 aromatic carbocycles. The van der Waals surface area contributed by atoms with E-state index in [1.807, 2.05) is 12.1 Å². The topological polar surface area (TPSA) is 29.9 Å². The van der Waals surface area contributed by atoms with Gasteiger partial charge in [0.25, 0.3) is 0 Å². The van der Waals surface area contributed by atoms with Gasteiger partial charge >= 0.3 is 6.18 Å². The zero-order valence-electron chi connectivity index (χ0n) is 11.0. The molecule has 1 aliphatic carbocycles. The van der Waals surface area contributed by atoms with E-state index in [-0.39, 0.29) is 0 Å². The Kier molecular flexibility index (Phi) is 3.79. The van der Waals surface area contributed by atoms with Gasteiger partial charge in [0.05, 0.1) is 5.69 Å². The molecular formula is C14H13BrF3N3. The zero-order valence-corrected chi connectivity index (χ0v) is 12.6. The van der Waals surface area contributed by atoms with Crippen LogP contribution in [0.15, 0.2) is 34.9 Å². The van der Waals surface area contributed by atoms with E-state index in [1.54, 1.807) is 6.07 Å². The molecule has 0 atom stereocenters. The first-order chi connectivity index (χ1) is 9.93. The summed E-state index contributed by atoms with van der Waals surface area (Å²) in [7, 11) is 0. The lowest BCUT2D eigenvalue weighted by atomic mass is 10.2. The molecule has 1 aromatic heterocycles. The Morgan fingerprint density at radius 3 is 2.62 bits per heavy atom. The third-order valence-electron chi connectivity index (χ3n) is 3.31. The van der Waals surface area contributed by atoms with Crippen LogP contribution >= 0.6 is 15.9 Å². The van der Waals surface area contributed by atoms with Crippen molar-refractivity contribution in [2.45, 2.75) is 31.6 Å². The fourth-order valence-corrected chi connectivity index (χ4v) is 2.61. The maximum atomic E-state index is 12.6. The third kappa shape index (κ3) is 3.47. The highest BCUT2D eigenvalue weighted by molar-refractivity contribution is 9.10. The van der Waals surface area contributed by atoms with Gasteiger partial charge < -0.3 is 5.32 Å². The summed E-state index contributed by atoms with van der Waals surface area (Å²) in [5.74, 6) is 0. The first kappa shape index (κ1) is 14.6. The molecular weight excluding hydrogens is 347 g/mol. The molecule has 0 saturated heterocycles. The smallest absolute Gasteiger partial charge is 0.310 e. The molecule has 0 aliphatic heterocycles. The maximum Gasteiger partial charge on any atom is 0.435 e. The van der Waals surface area contributed by atoms with Crippen molar-refractivity contribution in [1.29, 1.82) is 0 Å². The Bertz CT molecular complexity index is 647. The lowest BCUT2D eigenvalue weighted by Gasteiger charge is -2.08. The first-order valence-corrected chi connectivity index (χ1v) is 7.38. The van der Waals surface area contributed by atoms with E-state index in [4.69, 9.17) is 0 Å². The highest BCUT2D eigenvalue weighted by atomic mass is 79.9. The van der Waals surface area contributed by atoms with Gasteiger partial charge in [-0.15, -0.1) is 0 Å². The van der Waals surface area contributed by atoms with Crippen LogP contribution in [0.2, 0.25) is 0 Å². The number of hydrogen-bond donors (Lipinski definition) is 1. The molecule has 0 radical (unpaired) electrons. The average molecular weight is 360 g/mol. The van der Waals surface area contributed by atoms with Gasteiger partial charge in [-0.3, -0.25) is 0 Å². The molecule has 0 bridgehead atoms. The molecule has 1 fully saturated rings. The predicted octanol–water partition coefficient (Wildman–Crippen LogP) is 3.91. The summed E-state index contributed by atoms with van der Waals surface area (Å²) in [6.07, 6.45) is -0.684. The van der Waals surface area contributed by atoms with Gasteiger partial charge in [-0.25, -0.2) is 4.68 Å². The molecule has 1 aliphatic rings. The van der Waals surface area contributed by atoms with Crippen molar-refractivity contribution in [1.82, 2.24) is 15.1 Å². The second-order valence-electron chi connectivity index (χ2n) is 5.08. The van der Waals surface area contributed by atoms with E-state index < -0.39 is 11.9 Å². The quantitative estimate of drug-likeness (QED) is 0.896. The van der Waals surface area contributed by atoms with Crippen LogP contribution in [0.4, 0.5) is 13.2 Å². The van der Waals surface area contributed by atoms with Gasteiger partial charge in [0.1, 0.15) is 0 Å². The minimum Gasteiger partial charge on any atom is -0.310 e. The lowest BCUT2D eigenvalue weighted by Crippen LogP contribution is -2.15. The molecule has 1 heterocycles. The minimum atomic E-state index is -4.42. The van der Waals surface area contributed by atoms with Crippen molar-refractivity contribution in [2.75, 3.05) is 0 Å². The van der Waals surface area contributed by atoms with Crippen molar-refractivity contribution in [3.63, 3.8) is 0 Å². The van der Waals surface area contributed by atoms with Crippen LogP contribution in [0.1, 0.15) is 24.1 Å². The second-order valence-corrected chi connectivity index (χ2v) is 5.94. The van der Waals surface area contributed by atoms with Gasteiger partial charge in [0, 0.05) is 23.3 Å². The average Bonchev–Trinajstić information content (AvgIpc) is 3.10. The summed E-state index contributed by atoms with van der Waals surface area (Å²) >= 11 is 3.40. The van der Waals surface area contributed by atoms with Gasteiger partial charge in [-0.2, -0.15) is 18.3 Å². The number of rotatable bonds is 4. The molecule has 2 aromatic rings. The fourth-order valence-electron chi connectivity index (χ4n) is 2.01. The summed E-state index contributed by atoms with van der Waals surface area (Å²) in [6, 6.07) is 7.14. The molecule has 7 heteroatoms. The summed E-state index contributed by atoms with van der Waals surface area (Å²) in [5, 5.41) is 6.96. The van der Waals surface area contributed by atoms with Crippen LogP contribution in [0.5, 0.6) is 0 Å². The number of alkyl halides is 3. The fraction of sp³-hybridized carbons (Fsp3) is 0.357. The Balaban J connectivity index is 1.79. The highest BCUT2D eigenvalue weighted by Gasteiger charge is 2.33. The number of nitrogens with zero attached hydrogens (tertiary/aromatic N) is 2. The normalized spacial score (nSPS) is 15.4. The molecule has 21 heavy (non-hydrogen) atoms. The largest absolute Gasteiger partial charge is 0.435 e. The van der Waals surface area contributed by atoms with E-state index in [2.05, 4.69) is 26.3 Å². The summed E-state index contributed by atoms with van der Waals surface area (Å²) < 4.78 is 39.6. The van der Waals surface area contributed by atoms with E-state index >= 15 is 0 Å². The number of benzene rings is 1. The van der Waals surface area contributed by atoms with Gasteiger partial charge in [0.2, 0.25) is 0 Å². The monoisotopic (exact) mass is 359 g/mol. The SMILES string of the molecule is FC(F)(F)c1ccn(-c2ccc(CNC3CC3)cc2Br)n1. The Morgan fingerprint density at radius 1 is 1.29 bits per heavy atom. The van der Waals surface area contributed by atoms with Crippen LogP contribution in [0, 0.1) is 0 Å². The van der Waals surface area contributed by atoms with E-state index in [0.29, 0.717) is 11.7 Å². The van der Waals surface area contributed by atoms with Crippen LogP contribution < -0.4 is 5.32 Å². The molecule has 3 nitrogen and oxygen atoms in total. The van der Waals surface area contributed by atoms with Crippen molar-refractivity contribution < 1.29 is 13.2 Å². The van der Waals surface area contributed by atoms with E-state index in [0.717, 1.165) is 22.6 Å². The summed E-state index contributed by atoms with van der Waals surface area (Å²) in [4.78, 5) is 0. The zero-order chi connectivity index (χ0) is 15.0. The summed E-state index contributed by atoms with van der Waals surface area (Å²) in [6.45, 7) is 0.760. The first-order valence-electron chi connectivity index (χ1n) is 6.58. The standard InChI is InChI=1S/C14H13BrF3N3/c15-11-7-9(8-19-10-2-3-10)1-4-12(11)21-6-5-13(20-21)14(16,17)18/h1,4-7,10,19H,2-3,8H2. The van der Waals surface area contributed by atoms with E-state index in [9.17, 15) is 13.2 Å². The van der Waals surface area contributed by atoms with Gasteiger partial charge in [0.15, 0.2) is 5.69 Å². The van der Waals surface area contributed by atoms with Crippen molar-refractivity contribution in [3.05, 3.63) is 46.2 Å². The molecule has 1 N–H and O–H groups in total. The van der Waals surface area contributed by atoms with Crippen LogP contribution in [-0.4, -0.2) is 15.8 Å². The van der Waals surface area contributed by atoms with Crippen LogP contribution in [0.25, 0.3) is 5.69 Å². The van der Waals surface area contributed by atoms with Crippen LogP contribution in [0.3, 0.4) is 0 Å². The predicted molar refractivity (Wildman–Crippen MR) is 76.1 cm³/mol. The number of halogens is 4. The van der Waals surface area contributed by atoms with Gasteiger partial charge in [-0.05, 0) is 52.5 Å². The lowest BCUT2D eigenvalue weighted by molar-refractivity contribution is -0.141. The van der Waals surface area contributed by atoms with Crippen molar-refractivity contribution in [2.24, 2.45) is 0 Å². The van der Waals surface area contributed by atoms with E-state index in [1.165, 1.54) is 23.7 Å². The Morgan fingerprint density at radius 2 is 2.05 bits per heavy atom.